The Labute approximate surface area is 95.1 Å². The minimum absolute atomic E-state index is 0.383. The molecule has 4 nitrogen and oxygen atoms in total. The summed E-state index contributed by atoms with van der Waals surface area (Å²) in [6, 6.07) is 0.383. The minimum Gasteiger partial charge on any atom is -0.316 e. The van der Waals surface area contributed by atoms with Crippen molar-refractivity contribution in [3.05, 3.63) is 10.6 Å². The molecule has 5 heteroatoms. The van der Waals surface area contributed by atoms with E-state index in [0.717, 1.165) is 23.7 Å². The third-order valence-corrected chi connectivity index (χ3v) is 3.20. The van der Waals surface area contributed by atoms with Gasteiger partial charge < -0.3 is 9.88 Å². The molecule has 0 radical (unpaired) electrons. The van der Waals surface area contributed by atoms with Crippen LogP contribution < -0.4 is 5.32 Å². The molecule has 1 aliphatic heterocycles. The van der Waals surface area contributed by atoms with Crippen molar-refractivity contribution in [3.8, 4) is 0 Å². The van der Waals surface area contributed by atoms with Crippen molar-refractivity contribution in [1.82, 2.24) is 20.1 Å². The number of H-pyrrole nitrogens is 1. The molecule has 2 rings (SSSR count). The van der Waals surface area contributed by atoms with Crippen molar-refractivity contribution in [3.63, 3.8) is 0 Å². The third kappa shape index (κ3) is 2.13. The quantitative estimate of drug-likeness (QED) is 0.758. The summed E-state index contributed by atoms with van der Waals surface area (Å²) in [7, 11) is 0. The lowest BCUT2D eigenvalue weighted by molar-refractivity contribution is 0.421. The highest BCUT2D eigenvalue weighted by Crippen LogP contribution is 2.23. The van der Waals surface area contributed by atoms with E-state index in [0.29, 0.717) is 12.0 Å². The van der Waals surface area contributed by atoms with Crippen molar-refractivity contribution in [1.29, 1.82) is 0 Å². The number of nitrogens with one attached hydrogen (secondary N) is 2. The monoisotopic (exact) mass is 226 g/mol. The van der Waals surface area contributed by atoms with E-state index in [-0.39, 0.29) is 0 Å². The van der Waals surface area contributed by atoms with Crippen LogP contribution in [0.25, 0.3) is 0 Å². The number of piperidine rings is 1. The van der Waals surface area contributed by atoms with Crippen LogP contribution in [0.15, 0.2) is 0 Å². The van der Waals surface area contributed by atoms with E-state index >= 15 is 0 Å². The molecule has 0 amide bonds. The summed E-state index contributed by atoms with van der Waals surface area (Å²) in [6.07, 6.45) is 2.43. The average Bonchev–Trinajstić information content (AvgIpc) is 2.61. The van der Waals surface area contributed by atoms with Gasteiger partial charge in [-0.25, -0.2) is 0 Å². The second-order valence-corrected chi connectivity index (χ2v) is 4.78. The number of aromatic amines is 1. The maximum absolute atomic E-state index is 5.24. The van der Waals surface area contributed by atoms with Gasteiger partial charge in [-0.1, -0.05) is 0 Å². The molecule has 1 atom stereocenters. The van der Waals surface area contributed by atoms with Gasteiger partial charge in [-0.2, -0.15) is 5.10 Å². The van der Waals surface area contributed by atoms with Gasteiger partial charge in [-0.05, 0) is 45.5 Å². The highest BCUT2D eigenvalue weighted by atomic mass is 32.1. The van der Waals surface area contributed by atoms with Crippen molar-refractivity contribution in [2.75, 3.05) is 13.1 Å². The molecule has 84 valence electrons. The molecule has 1 aliphatic rings. The van der Waals surface area contributed by atoms with Crippen molar-refractivity contribution >= 4 is 12.2 Å². The summed E-state index contributed by atoms with van der Waals surface area (Å²) in [5.41, 5.74) is 0. The smallest absolute Gasteiger partial charge is 0.195 e. The number of hydrogen-bond acceptors (Lipinski definition) is 3. The van der Waals surface area contributed by atoms with Crippen molar-refractivity contribution in [2.45, 2.75) is 38.6 Å². The first-order chi connectivity index (χ1) is 7.20. The molecule has 2 N–H and O–H groups in total. The van der Waals surface area contributed by atoms with Crippen LogP contribution in [0, 0.1) is 4.77 Å². The first-order valence-electron chi connectivity index (χ1n) is 5.57. The topological polar surface area (TPSA) is 45.6 Å². The van der Waals surface area contributed by atoms with E-state index in [1.54, 1.807) is 0 Å². The maximum atomic E-state index is 5.24. The van der Waals surface area contributed by atoms with Gasteiger partial charge in [0.05, 0.1) is 0 Å². The molecule has 1 aromatic heterocycles. The van der Waals surface area contributed by atoms with Crippen LogP contribution >= 0.6 is 12.2 Å². The van der Waals surface area contributed by atoms with E-state index in [4.69, 9.17) is 12.2 Å². The van der Waals surface area contributed by atoms with E-state index < -0.39 is 0 Å². The van der Waals surface area contributed by atoms with Crippen LogP contribution in [0.2, 0.25) is 0 Å². The summed E-state index contributed by atoms with van der Waals surface area (Å²) < 4.78 is 2.87. The predicted octanol–water partition coefficient (Wildman–Crippen LogP) is 1.99. The summed E-state index contributed by atoms with van der Waals surface area (Å²) in [5.74, 6) is 1.62. The molecule has 0 bridgehead atoms. The Kier molecular flexibility index (Phi) is 3.21. The molecule has 0 saturated carbocycles. The molecule has 1 saturated heterocycles. The van der Waals surface area contributed by atoms with E-state index in [1.165, 1.54) is 12.8 Å². The second-order valence-electron chi connectivity index (χ2n) is 4.39. The fraction of sp³-hybridized carbons (Fsp3) is 0.800. The molecule has 1 unspecified atom stereocenters. The minimum atomic E-state index is 0.383. The molecule has 2 heterocycles. The van der Waals surface area contributed by atoms with E-state index in [2.05, 4.69) is 33.9 Å². The first-order valence-corrected chi connectivity index (χ1v) is 5.98. The molecule has 1 fully saturated rings. The highest BCUT2D eigenvalue weighted by Gasteiger charge is 2.21. The zero-order valence-electron chi connectivity index (χ0n) is 9.29. The molecular formula is C10H18N4S. The van der Waals surface area contributed by atoms with Gasteiger partial charge in [-0.3, -0.25) is 5.10 Å². The highest BCUT2D eigenvalue weighted by molar-refractivity contribution is 7.71. The van der Waals surface area contributed by atoms with Gasteiger partial charge in [-0.15, -0.1) is 0 Å². The largest absolute Gasteiger partial charge is 0.316 e. The van der Waals surface area contributed by atoms with Crippen molar-refractivity contribution in [2.24, 2.45) is 0 Å². The van der Waals surface area contributed by atoms with Gasteiger partial charge >= 0.3 is 0 Å². The van der Waals surface area contributed by atoms with Gasteiger partial charge in [0, 0.05) is 18.5 Å². The summed E-state index contributed by atoms with van der Waals surface area (Å²) in [5, 5.41) is 10.7. The van der Waals surface area contributed by atoms with Crippen LogP contribution in [-0.2, 0) is 0 Å². The number of rotatable bonds is 2. The first kappa shape index (κ1) is 10.8. The van der Waals surface area contributed by atoms with E-state index in [9.17, 15) is 0 Å². The maximum Gasteiger partial charge on any atom is 0.195 e. The van der Waals surface area contributed by atoms with Crippen LogP contribution in [0.3, 0.4) is 0 Å². The molecule has 0 aromatic carbocycles. The molecule has 0 aliphatic carbocycles. The lowest BCUT2D eigenvalue weighted by Crippen LogP contribution is -2.30. The lowest BCUT2D eigenvalue weighted by atomic mass is 9.98. The van der Waals surface area contributed by atoms with Crippen LogP contribution in [0.4, 0.5) is 0 Å². The Morgan fingerprint density at radius 1 is 1.53 bits per heavy atom. The zero-order valence-corrected chi connectivity index (χ0v) is 10.1. The SMILES string of the molecule is CC(C)n1c(C2CCCNC2)n[nH]c1=S. The average molecular weight is 226 g/mol. The Bertz CT molecular complexity index is 373. The Morgan fingerprint density at radius 3 is 2.93 bits per heavy atom. The fourth-order valence-corrected chi connectivity index (χ4v) is 2.53. The van der Waals surface area contributed by atoms with Gasteiger partial charge in [0.15, 0.2) is 4.77 Å². The van der Waals surface area contributed by atoms with Gasteiger partial charge in [0.2, 0.25) is 0 Å². The lowest BCUT2D eigenvalue weighted by Gasteiger charge is -2.23. The Morgan fingerprint density at radius 2 is 2.33 bits per heavy atom. The second kappa shape index (κ2) is 4.45. The normalized spacial score (nSPS) is 22.2. The van der Waals surface area contributed by atoms with Crippen LogP contribution in [0.1, 0.15) is 44.5 Å². The third-order valence-electron chi connectivity index (χ3n) is 2.91. The van der Waals surface area contributed by atoms with Crippen LogP contribution in [0.5, 0.6) is 0 Å². The van der Waals surface area contributed by atoms with Crippen LogP contribution in [-0.4, -0.2) is 27.9 Å². The van der Waals surface area contributed by atoms with Gasteiger partial charge in [0.25, 0.3) is 0 Å². The van der Waals surface area contributed by atoms with Crippen molar-refractivity contribution < 1.29 is 0 Å². The molecule has 0 spiro atoms. The number of hydrogen-bond donors (Lipinski definition) is 2. The summed E-state index contributed by atoms with van der Waals surface area (Å²) >= 11 is 5.24. The Balaban J connectivity index is 2.30. The van der Waals surface area contributed by atoms with Gasteiger partial charge in [0.1, 0.15) is 5.82 Å². The molecular weight excluding hydrogens is 208 g/mol. The summed E-state index contributed by atoms with van der Waals surface area (Å²) in [6.45, 7) is 6.44. The summed E-state index contributed by atoms with van der Waals surface area (Å²) in [4.78, 5) is 0. The Hall–Kier alpha value is -0.680. The number of nitrogens with zero attached hydrogens (tertiary/aromatic N) is 2. The number of aromatic nitrogens is 3. The zero-order chi connectivity index (χ0) is 10.8. The molecule has 1 aromatic rings. The standard InChI is InChI=1S/C10H18N4S/c1-7(2)14-9(12-13-10(14)15)8-4-3-5-11-6-8/h7-8,11H,3-6H2,1-2H3,(H,13,15). The molecule has 15 heavy (non-hydrogen) atoms. The van der Waals surface area contributed by atoms with E-state index in [1.807, 2.05) is 0 Å². The fourth-order valence-electron chi connectivity index (χ4n) is 2.18. The predicted molar refractivity (Wildman–Crippen MR) is 62.6 cm³/mol.